The molecule has 0 N–H and O–H groups in total. The third-order valence-corrected chi connectivity index (χ3v) is 5.34. The summed E-state index contributed by atoms with van der Waals surface area (Å²) in [5.41, 5.74) is 2.22. The predicted molar refractivity (Wildman–Crippen MR) is 138 cm³/mol. The highest BCUT2D eigenvalue weighted by Crippen LogP contribution is 2.34. The number of nitrogens with zero attached hydrogens (tertiary/aromatic N) is 3. The number of hydrogen-bond acceptors (Lipinski definition) is 5. The lowest BCUT2D eigenvalue weighted by molar-refractivity contribution is 0.222. The van der Waals surface area contributed by atoms with Gasteiger partial charge in [-0.3, -0.25) is 4.79 Å². The number of fused-ring (bicyclic) bond motifs is 1. The summed E-state index contributed by atoms with van der Waals surface area (Å²) in [6.45, 7) is 12.3. The van der Waals surface area contributed by atoms with Crippen molar-refractivity contribution in [3.8, 4) is 11.5 Å². The van der Waals surface area contributed by atoms with Gasteiger partial charge in [-0.2, -0.15) is 9.78 Å². The molecule has 0 aliphatic heterocycles. The fraction of sp³-hybridized carbons (Fsp3) is 0.346. The summed E-state index contributed by atoms with van der Waals surface area (Å²) in [5, 5.41) is 5.06. The zero-order chi connectivity index (χ0) is 24.0. The molecule has 0 saturated heterocycles. The van der Waals surface area contributed by atoms with E-state index in [1.54, 1.807) is 12.3 Å². The van der Waals surface area contributed by atoms with Crippen LogP contribution in [0.1, 0.15) is 51.1 Å². The number of aromatic nitrogens is 2. The van der Waals surface area contributed by atoms with E-state index in [-0.39, 0.29) is 11.7 Å². The standard InChI is InChI=1S/C26H30BrN3O3/c1-6-9-19-13-18(14-23(32-8-3)25(19)33-17(4)5)16-28-30-24(10-7-2)29-22-12-11-20(27)15-21(22)26(30)31/h6,11-17H,1,7-10H2,2-5H3. The molecule has 0 spiro atoms. The first kappa shape index (κ1) is 24.7. The summed E-state index contributed by atoms with van der Waals surface area (Å²) in [5.74, 6) is 1.99. The number of rotatable bonds is 10. The van der Waals surface area contributed by atoms with E-state index in [1.807, 2.05) is 51.1 Å². The van der Waals surface area contributed by atoms with Crippen LogP contribution in [0.4, 0.5) is 0 Å². The highest BCUT2D eigenvalue weighted by Gasteiger charge is 2.15. The molecule has 0 radical (unpaired) electrons. The Balaban J connectivity index is 2.13. The van der Waals surface area contributed by atoms with Crippen molar-refractivity contribution in [2.75, 3.05) is 6.61 Å². The highest BCUT2D eigenvalue weighted by molar-refractivity contribution is 9.10. The first-order valence-corrected chi connectivity index (χ1v) is 12.0. The van der Waals surface area contributed by atoms with E-state index in [9.17, 15) is 4.79 Å². The lowest BCUT2D eigenvalue weighted by atomic mass is 10.1. The van der Waals surface area contributed by atoms with Crippen LogP contribution in [0, 0.1) is 0 Å². The molecule has 2 aromatic carbocycles. The molecule has 174 valence electrons. The summed E-state index contributed by atoms with van der Waals surface area (Å²) < 4.78 is 14.1. The number of hydrogen-bond donors (Lipinski definition) is 0. The van der Waals surface area contributed by atoms with Crippen LogP contribution >= 0.6 is 15.9 Å². The van der Waals surface area contributed by atoms with Crippen molar-refractivity contribution >= 4 is 33.0 Å². The van der Waals surface area contributed by atoms with Gasteiger partial charge in [-0.05, 0) is 69.5 Å². The number of benzene rings is 2. The number of ether oxygens (including phenoxy) is 2. The average molecular weight is 512 g/mol. The maximum Gasteiger partial charge on any atom is 0.282 e. The summed E-state index contributed by atoms with van der Waals surface area (Å²) in [6, 6.07) is 9.38. The number of allylic oxidation sites excluding steroid dienone is 1. The fourth-order valence-electron chi connectivity index (χ4n) is 3.52. The largest absolute Gasteiger partial charge is 0.490 e. The molecule has 1 aromatic heterocycles. The van der Waals surface area contributed by atoms with Gasteiger partial charge in [0.15, 0.2) is 11.5 Å². The van der Waals surface area contributed by atoms with Crippen LogP contribution in [0.5, 0.6) is 11.5 Å². The number of halogens is 1. The zero-order valence-corrected chi connectivity index (χ0v) is 21.2. The second kappa shape index (κ2) is 11.3. The molecule has 0 aliphatic rings. The van der Waals surface area contributed by atoms with Gasteiger partial charge < -0.3 is 9.47 Å². The minimum Gasteiger partial charge on any atom is -0.490 e. The van der Waals surface area contributed by atoms with E-state index in [2.05, 4.69) is 34.5 Å². The molecule has 33 heavy (non-hydrogen) atoms. The Morgan fingerprint density at radius 3 is 2.70 bits per heavy atom. The van der Waals surface area contributed by atoms with Crippen molar-refractivity contribution in [3.63, 3.8) is 0 Å². The first-order valence-electron chi connectivity index (χ1n) is 11.2. The molecule has 0 amide bonds. The monoisotopic (exact) mass is 511 g/mol. The maximum absolute atomic E-state index is 13.2. The van der Waals surface area contributed by atoms with Gasteiger partial charge in [0, 0.05) is 16.5 Å². The van der Waals surface area contributed by atoms with Crippen LogP contribution in [-0.2, 0) is 12.8 Å². The minimum atomic E-state index is -0.197. The summed E-state index contributed by atoms with van der Waals surface area (Å²) >= 11 is 3.44. The zero-order valence-electron chi connectivity index (χ0n) is 19.6. The lowest BCUT2D eigenvalue weighted by Crippen LogP contribution is -2.22. The van der Waals surface area contributed by atoms with E-state index < -0.39 is 0 Å². The molecule has 6 nitrogen and oxygen atoms in total. The number of aryl methyl sites for hydroxylation is 1. The van der Waals surface area contributed by atoms with Crippen LogP contribution < -0.4 is 15.0 Å². The topological polar surface area (TPSA) is 65.7 Å². The van der Waals surface area contributed by atoms with E-state index >= 15 is 0 Å². The van der Waals surface area contributed by atoms with Crippen LogP contribution in [0.3, 0.4) is 0 Å². The summed E-state index contributed by atoms with van der Waals surface area (Å²) in [4.78, 5) is 17.9. The van der Waals surface area contributed by atoms with Gasteiger partial charge in [0.1, 0.15) is 5.82 Å². The Hall–Kier alpha value is -2.93. The quantitative estimate of drug-likeness (QED) is 0.250. The third-order valence-electron chi connectivity index (χ3n) is 4.84. The Morgan fingerprint density at radius 2 is 2.03 bits per heavy atom. The van der Waals surface area contributed by atoms with Crippen molar-refractivity contribution in [1.82, 2.24) is 9.66 Å². The van der Waals surface area contributed by atoms with Crippen molar-refractivity contribution in [1.29, 1.82) is 0 Å². The van der Waals surface area contributed by atoms with E-state index in [0.717, 1.165) is 22.0 Å². The van der Waals surface area contributed by atoms with Gasteiger partial charge in [-0.15, -0.1) is 6.58 Å². The molecule has 0 bridgehead atoms. The Labute approximate surface area is 203 Å². The molecule has 7 heteroatoms. The molecular weight excluding hydrogens is 482 g/mol. The fourth-order valence-corrected chi connectivity index (χ4v) is 3.88. The van der Waals surface area contributed by atoms with Crippen LogP contribution in [0.25, 0.3) is 10.9 Å². The third kappa shape index (κ3) is 5.90. The minimum absolute atomic E-state index is 0.00506. The Kier molecular flexibility index (Phi) is 8.44. The van der Waals surface area contributed by atoms with E-state index in [4.69, 9.17) is 14.5 Å². The Bertz CT molecular complexity index is 1230. The van der Waals surface area contributed by atoms with Gasteiger partial charge in [0.05, 0.1) is 29.8 Å². The molecule has 0 aliphatic carbocycles. The molecule has 0 fully saturated rings. The molecular formula is C26H30BrN3O3. The SMILES string of the molecule is C=CCc1cc(C=Nn2c(CCC)nc3ccc(Br)cc3c2=O)cc(OCC)c1OC(C)C. The van der Waals surface area contributed by atoms with Crippen molar-refractivity contribution in [2.24, 2.45) is 5.10 Å². The van der Waals surface area contributed by atoms with Crippen molar-refractivity contribution in [3.05, 3.63) is 74.8 Å². The van der Waals surface area contributed by atoms with Gasteiger partial charge in [0.25, 0.3) is 5.56 Å². The van der Waals surface area contributed by atoms with Crippen LogP contribution in [0.15, 0.2) is 57.4 Å². The average Bonchev–Trinajstić information content (AvgIpc) is 2.76. The smallest absolute Gasteiger partial charge is 0.282 e. The highest BCUT2D eigenvalue weighted by atomic mass is 79.9. The Morgan fingerprint density at radius 1 is 1.24 bits per heavy atom. The predicted octanol–water partition coefficient (Wildman–Crippen LogP) is 5.91. The van der Waals surface area contributed by atoms with Crippen molar-refractivity contribution < 1.29 is 9.47 Å². The molecule has 1 heterocycles. The van der Waals surface area contributed by atoms with Gasteiger partial charge >= 0.3 is 0 Å². The van der Waals surface area contributed by atoms with E-state index in [1.165, 1.54) is 4.68 Å². The van der Waals surface area contributed by atoms with Gasteiger partial charge in [0.2, 0.25) is 0 Å². The van der Waals surface area contributed by atoms with Gasteiger partial charge in [-0.1, -0.05) is 28.9 Å². The molecule has 0 atom stereocenters. The van der Waals surface area contributed by atoms with Crippen LogP contribution in [-0.4, -0.2) is 28.6 Å². The molecule has 3 aromatic rings. The van der Waals surface area contributed by atoms with E-state index in [0.29, 0.717) is 47.7 Å². The van der Waals surface area contributed by atoms with Crippen LogP contribution in [0.2, 0.25) is 0 Å². The van der Waals surface area contributed by atoms with Gasteiger partial charge in [-0.25, -0.2) is 4.98 Å². The summed E-state index contributed by atoms with van der Waals surface area (Å²) in [6.07, 6.45) is 5.62. The lowest BCUT2D eigenvalue weighted by Gasteiger charge is -2.18. The van der Waals surface area contributed by atoms with Crippen molar-refractivity contribution in [2.45, 2.75) is 53.1 Å². The molecule has 0 unspecified atom stereocenters. The molecule has 0 saturated carbocycles. The first-order chi connectivity index (χ1) is 15.9. The second-order valence-corrected chi connectivity index (χ2v) is 8.82. The summed E-state index contributed by atoms with van der Waals surface area (Å²) in [7, 11) is 0. The molecule has 3 rings (SSSR count). The second-order valence-electron chi connectivity index (χ2n) is 7.90. The normalized spacial score (nSPS) is 11.5. The maximum atomic E-state index is 13.2.